The molecule has 1 aliphatic rings. The minimum atomic E-state index is -2.20. The van der Waals surface area contributed by atoms with Crippen molar-refractivity contribution >= 4 is 8.80 Å². The second-order valence-corrected chi connectivity index (χ2v) is 5.81. The number of hydrogen-bond acceptors (Lipinski definition) is 3. The van der Waals surface area contributed by atoms with Crippen LogP contribution in [-0.2, 0) is 13.3 Å². The van der Waals surface area contributed by atoms with Crippen LogP contribution in [0, 0.1) is 5.92 Å². The molecule has 1 atom stereocenters. The summed E-state index contributed by atoms with van der Waals surface area (Å²) in [5.41, 5.74) is 0. The quantitative estimate of drug-likeness (QED) is 0.631. The van der Waals surface area contributed by atoms with Crippen LogP contribution in [-0.4, -0.2) is 28.6 Å². The Hall–Kier alpha value is 0.0969. The van der Waals surface area contributed by atoms with Crippen molar-refractivity contribution in [2.24, 2.45) is 5.92 Å². The molecule has 12 heavy (non-hydrogen) atoms. The van der Waals surface area contributed by atoms with E-state index in [1.165, 1.54) is 0 Å². The monoisotopic (exact) mass is 190 g/mol. The smallest absolute Gasteiger partial charge is 0.374 e. The van der Waals surface area contributed by atoms with Crippen molar-refractivity contribution in [1.29, 1.82) is 0 Å². The predicted octanol–water partition coefficient (Wildman–Crippen LogP) is 1.66. The van der Waals surface area contributed by atoms with E-state index in [1.807, 2.05) is 13.8 Å². The van der Waals surface area contributed by atoms with Gasteiger partial charge in [0, 0.05) is 25.9 Å². The molecule has 72 valence electrons. The van der Waals surface area contributed by atoms with Gasteiger partial charge < -0.3 is 13.3 Å². The van der Waals surface area contributed by atoms with Gasteiger partial charge in [-0.15, -0.1) is 0 Å². The van der Waals surface area contributed by atoms with Gasteiger partial charge in [-0.2, -0.15) is 0 Å². The third-order valence-corrected chi connectivity index (χ3v) is 5.18. The SMILES string of the molecule is CCO[Si]1(OCC)CC(C)CO1. The molecule has 1 heterocycles. The lowest BCUT2D eigenvalue weighted by molar-refractivity contribution is 0.0897. The van der Waals surface area contributed by atoms with Crippen LogP contribution in [0.3, 0.4) is 0 Å². The summed E-state index contributed by atoms with van der Waals surface area (Å²) in [5.74, 6) is 0.592. The van der Waals surface area contributed by atoms with Gasteiger partial charge in [-0.05, 0) is 19.8 Å². The molecule has 0 aromatic rings. The molecule has 0 radical (unpaired) electrons. The van der Waals surface area contributed by atoms with Gasteiger partial charge in [0.25, 0.3) is 0 Å². The minimum Gasteiger partial charge on any atom is -0.374 e. The predicted molar refractivity (Wildman–Crippen MR) is 48.9 cm³/mol. The average Bonchev–Trinajstić information content (AvgIpc) is 2.34. The van der Waals surface area contributed by atoms with E-state index in [0.29, 0.717) is 19.1 Å². The first-order valence-corrected chi connectivity index (χ1v) is 6.57. The summed E-state index contributed by atoms with van der Waals surface area (Å²) in [6, 6.07) is 0.981. The van der Waals surface area contributed by atoms with E-state index in [-0.39, 0.29) is 0 Å². The number of hydrogen-bond donors (Lipinski definition) is 0. The van der Waals surface area contributed by atoms with Crippen molar-refractivity contribution in [3.63, 3.8) is 0 Å². The molecule has 1 aliphatic heterocycles. The topological polar surface area (TPSA) is 27.7 Å². The fraction of sp³-hybridized carbons (Fsp3) is 1.00. The first-order valence-electron chi connectivity index (χ1n) is 4.64. The second kappa shape index (κ2) is 4.37. The van der Waals surface area contributed by atoms with Gasteiger partial charge in [0.05, 0.1) is 0 Å². The lowest BCUT2D eigenvalue weighted by atomic mass is 10.2. The Morgan fingerprint density at radius 3 is 2.25 bits per heavy atom. The molecule has 0 N–H and O–H groups in total. The first kappa shape index (κ1) is 10.2. The maximum atomic E-state index is 5.63. The van der Waals surface area contributed by atoms with E-state index in [4.69, 9.17) is 13.3 Å². The fourth-order valence-electron chi connectivity index (χ4n) is 1.50. The Balaban J connectivity index is 2.48. The lowest BCUT2D eigenvalue weighted by Gasteiger charge is -2.22. The first-order chi connectivity index (χ1) is 5.72. The Morgan fingerprint density at radius 2 is 1.92 bits per heavy atom. The van der Waals surface area contributed by atoms with Crippen LogP contribution < -0.4 is 0 Å². The third-order valence-electron chi connectivity index (χ3n) is 1.91. The van der Waals surface area contributed by atoms with Crippen molar-refractivity contribution < 1.29 is 13.3 Å². The van der Waals surface area contributed by atoms with E-state index >= 15 is 0 Å². The molecule has 0 aromatic carbocycles. The van der Waals surface area contributed by atoms with Gasteiger partial charge in [-0.3, -0.25) is 0 Å². The molecule has 1 unspecified atom stereocenters. The molecule has 3 nitrogen and oxygen atoms in total. The molecule has 1 rings (SSSR count). The number of rotatable bonds is 4. The Bertz CT molecular complexity index is 129. The normalized spacial score (nSPS) is 27.8. The highest BCUT2D eigenvalue weighted by atomic mass is 28.4. The van der Waals surface area contributed by atoms with Gasteiger partial charge in [-0.1, -0.05) is 6.92 Å². The van der Waals surface area contributed by atoms with Crippen LogP contribution in [0.1, 0.15) is 20.8 Å². The van der Waals surface area contributed by atoms with Gasteiger partial charge in [-0.25, -0.2) is 0 Å². The van der Waals surface area contributed by atoms with Crippen molar-refractivity contribution in [3.8, 4) is 0 Å². The second-order valence-electron chi connectivity index (χ2n) is 3.17. The summed E-state index contributed by atoms with van der Waals surface area (Å²) in [4.78, 5) is 0. The zero-order chi connectivity index (χ0) is 9.03. The zero-order valence-electron chi connectivity index (χ0n) is 8.13. The van der Waals surface area contributed by atoms with E-state index in [2.05, 4.69) is 6.92 Å². The summed E-state index contributed by atoms with van der Waals surface area (Å²) in [6.07, 6.45) is 0. The summed E-state index contributed by atoms with van der Waals surface area (Å²) >= 11 is 0. The minimum absolute atomic E-state index is 0.592. The van der Waals surface area contributed by atoms with Crippen LogP contribution in [0.5, 0.6) is 0 Å². The highest BCUT2D eigenvalue weighted by molar-refractivity contribution is 6.61. The maximum absolute atomic E-state index is 5.63. The Labute approximate surface area is 75.4 Å². The molecular weight excluding hydrogens is 172 g/mol. The van der Waals surface area contributed by atoms with Gasteiger partial charge in [0.2, 0.25) is 0 Å². The lowest BCUT2D eigenvalue weighted by Crippen LogP contribution is -2.42. The fourth-order valence-corrected chi connectivity index (χ4v) is 4.49. The summed E-state index contributed by atoms with van der Waals surface area (Å²) in [6.45, 7) is 8.33. The van der Waals surface area contributed by atoms with Crippen LogP contribution in [0.2, 0.25) is 6.04 Å². The Kier molecular flexibility index (Phi) is 3.70. The molecule has 1 saturated heterocycles. The molecule has 0 aliphatic carbocycles. The van der Waals surface area contributed by atoms with Crippen LogP contribution in [0.4, 0.5) is 0 Å². The Morgan fingerprint density at radius 1 is 1.33 bits per heavy atom. The summed E-state index contributed by atoms with van der Waals surface area (Å²) in [7, 11) is -2.20. The molecule has 0 spiro atoms. The molecule has 0 amide bonds. The van der Waals surface area contributed by atoms with E-state index in [9.17, 15) is 0 Å². The van der Waals surface area contributed by atoms with Crippen molar-refractivity contribution in [3.05, 3.63) is 0 Å². The molecule has 0 bridgehead atoms. The van der Waals surface area contributed by atoms with Gasteiger partial charge in [0.1, 0.15) is 0 Å². The summed E-state index contributed by atoms with van der Waals surface area (Å²) < 4.78 is 16.8. The zero-order valence-corrected chi connectivity index (χ0v) is 9.13. The third kappa shape index (κ3) is 2.29. The van der Waals surface area contributed by atoms with Gasteiger partial charge >= 0.3 is 8.80 Å². The molecule has 0 saturated carbocycles. The molecule has 1 fully saturated rings. The highest BCUT2D eigenvalue weighted by Gasteiger charge is 2.47. The largest absolute Gasteiger partial charge is 0.501 e. The summed E-state index contributed by atoms with van der Waals surface area (Å²) in [5, 5.41) is 0. The van der Waals surface area contributed by atoms with E-state index in [1.54, 1.807) is 0 Å². The standard InChI is InChI=1S/C8H18O3Si/c1-4-9-12(10-5-2)7-8(3)6-11-12/h8H,4-7H2,1-3H3. The van der Waals surface area contributed by atoms with Crippen molar-refractivity contribution in [2.45, 2.75) is 26.8 Å². The van der Waals surface area contributed by atoms with Crippen LogP contribution >= 0.6 is 0 Å². The van der Waals surface area contributed by atoms with E-state index in [0.717, 1.165) is 12.7 Å². The highest BCUT2D eigenvalue weighted by Crippen LogP contribution is 2.28. The molecule has 4 heteroatoms. The molecule has 0 aromatic heterocycles. The van der Waals surface area contributed by atoms with Gasteiger partial charge in [0.15, 0.2) is 0 Å². The van der Waals surface area contributed by atoms with Crippen molar-refractivity contribution in [1.82, 2.24) is 0 Å². The van der Waals surface area contributed by atoms with E-state index < -0.39 is 8.80 Å². The van der Waals surface area contributed by atoms with Crippen LogP contribution in [0.15, 0.2) is 0 Å². The maximum Gasteiger partial charge on any atom is 0.501 e. The average molecular weight is 190 g/mol. The van der Waals surface area contributed by atoms with Crippen LogP contribution in [0.25, 0.3) is 0 Å². The molecular formula is C8H18O3Si. The van der Waals surface area contributed by atoms with Crippen molar-refractivity contribution in [2.75, 3.05) is 19.8 Å².